The normalized spacial score (nSPS) is 11.3. The molecule has 3 heteroatoms. The summed E-state index contributed by atoms with van der Waals surface area (Å²) in [6.07, 6.45) is 3.89. The number of aromatic nitrogens is 1. The summed E-state index contributed by atoms with van der Waals surface area (Å²) in [4.78, 5) is 4.10. The molecule has 2 aromatic rings. The number of benzene rings is 1. The Hall–Kier alpha value is -2.03. The second-order valence-corrected chi connectivity index (χ2v) is 5.47. The third-order valence-corrected chi connectivity index (χ3v) is 3.15. The van der Waals surface area contributed by atoms with Crippen LogP contribution in [0.2, 0.25) is 0 Å². The Kier molecular flexibility index (Phi) is 4.05. The van der Waals surface area contributed by atoms with Gasteiger partial charge in [0.25, 0.3) is 0 Å². The number of pyridine rings is 1. The van der Waals surface area contributed by atoms with E-state index in [1.807, 2.05) is 18.2 Å². The number of nitrogen functional groups attached to an aromatic ring is 1. The van der Waals surface area contributed by atoms with E-state index in [9.17, 15) is 0 Å². The van der Waals surface area contributed by atoms with Crippen molar-refractivity contribution < 1.29 is 0 Å². The molecule has 0 saturated heterocycles. The van der Waals surface area contributed by atoms with Crippen molar-refractivity contribution in [2.24, 2.45) is 0 Å². The summed E-state index contributed by atoms with van der Waals surface area (Å²) in [6.45, 7) is 4.40. The molecule has 1 aromatic carbocycles. The lowest BCUT2D eigenvalue weighted by molar-refractivity contribution is 0.518. The van der Waals surface area contributed by atoms with Crippen molar-refractivity contribution in [2.75, 3.05) is 11.1 Å². The first-order valence-electron chi connectivity index (χ1n) is 6.59. The third kappa shape index (κ3) is 4.28. The summed E-state index contributed by atoms with van der Waals surface area (Å²) in [6, 6.07) is 14.3. The van der Waals surface area contributed by atoms with E-state index in [0.717, 1.165) is 18.5 Å². The van der Waals surface area contributed by atoms with Gasteiger partial charge in [-0.05, 0) is 44.4 Å². The predicted octanol–water partition coefficient (Wildman–Crippen LogP) is 3.49. The van der Waals surface area contributed by atoms with Gasteiger partial charge in [0.05, 0.1) is 11.9 Å². The minimum atomic E-state index is 0.0215. The molecule has 0 fully saturated rings. The van der Waals surface area contributed by atoms with Crippen LogP contribution in [0.5, 0.6) is 0 Å². The second-order valence-electron chi connectivity index (χ2n) is 5.47. The average molecular weight is 255 g/mol. The standard InChI is InChI=1S/C16H21N3/c1-16(2,11-10-13-6-4-3-5-7-13)19-14-8-9-15(17)18-12-14/h3-9,12,19H,10-11H2,1-2H3,(H2,17,18). The van der Waals surface area contributed by atoms with Crippen LogP contribution in [0.3, 0.4) is 0 Å². The van der Waals surface area contributed by atoms with Gasteiger partial charge in [-0.15, -0.1) is 0 Å². The summed E-state index contributed by atoms with van der Waals surface area (Å²) in [7, 11) is 0. The van der Waals surface area contributed by atoms with Gasteiger partial charge < -0.3 is 11.1 Å². The molecule has 0 radical (unpaired) electrons. The highest BCUT2D eigenvalue weighted by Crippen LogP contribution is 2.20. The molecule has 0 amide bonds. The van der Waals surface area contributed by atoms with E-state index in [0.29, 0.717) is 5.82 Å². The summed E-state index contributed by atoms with van der Waals surface area (Å²) >= 11 is 0. The highest BCUT2D eigenvalue weighted by atomic mass is 15.0. The van der Waals surface area contributed by atoms with Crippen LogP contribution in [0, 0.1) is 0 Å². The van der Waals surface area contributed by atoms with Crippen LogP contribution in [0.15, 0.2) is 48.7 Å². The van der Waals surface area contributed by atoms with Gasteiger partial charge >= 0.3 is 0 Å². The van der Waals surface area contributed by atoms with Crippen molar-refractivity contribution in [1.29, 1.82) is 0 Å². The first kappa shape index (κ1) is 13.4. The maximum atomic E-state index is 5.59. The van der Waals surface area contributed by atoms with Crippen molar-refractivity contribution in [1.82, 2.24) is 4.98 Å². The zero-order chi connectivity index (χ0) is 13.7. The van der Waals surface area contributed by atoms with Gasteiger partial charge in [0.15, 0.2) is 0 Å². The highest BCUT2D eigenvalue weighted by Gasteiger charge is 2.17. The number of hydrogen-bond donors (Lipinski definition) is 2. The van der Waals surface area contributed by atoms with Gasteiger partial charge in [-0.2, -0.15) is 0 Å². The molecule has 19 heavy (non-hydrogen) atoms. The number of hydrogen-bond acceptors (Lipinski definition) is 3. The second kappa shape index (κ2) is 5.74. The van der Waals surface area contributed by atoms with Gasteiger partial charge in [0, 0.05) is 5.54 Å². The lowest BCUT2D eigenvalue weighted by Gasteiger charge is -2.27. The molecule has 100 valence electrons. The Labute approximate surface area is 114 Å². The average Bonchev–Trinajstić information content (AvgIpc) is 2.40. The van der Waals surface area contributed by atoms with Crippen LogP contribution < -0.4 is 11.1 Å². The summed E-state index contributed by atoms with van der Waals surface area (Å²) in [5, 5.41) is 3.50. The first-order valence-corrected chi connectivity index (χ1v) is 6.59. The molecule has 0 saturated carbocycles. The fourth-order valence-electron chi connectivity index (χ4n) is 2.03. The molecule has 0 bridgehead atoms. The zero-order valence-electron chi connectivity index (χ0n) is 11.6. The quantitative estimate of drug-likeness (QED) is 0.860. The molecule has 0 aliphatic rings. The smallest absolute Gasteiger partial charge is 0.123 e. The number of aryl methyl sites for hydroxylation is 1. The van der Waals surface area contributed by atoms with Crippen molar-refractivity contribution in [3.63, 3.8) is 0 Å². The molecule has 1 heterocycles. The fourth-order valence-corrected chi connectivity index (χ4v) is 2.03. The van der Waals surface area contributed by atoms with E-state index in [-0.39, 0.29) is 5.54 Å². The minimum absolute atomic E-state index is 0.0215. The predicted molar refractivity (Wildman–Crippen MR) is 81.1 cm³/mol. The monoisotopic (exact) mass is 255 g/mol. The largest absolute Gasteiger partial charge is 0.384 e. The lowest BCUT2D eigenvalue weighted by Crippen LogP contribution is -2.31. The SMILES string of the molecule is CC(C)(CCc1ccccc1)Nc1ccc(N)nc1. The van der Waals surface area contributed by atoms with Crippen molar-refractivity contribution in [3.05, 3.63) is 54.2 Å². The fraction of sp³-hybridized carbons (Fsp3) is 0.312. The molecule has 0 atom stereocenters. The molecular formula is C16H21N3. The maximum Gasteiger partial charge on any atom is 0.123 e. The molecule has 0 aliphatic carbocycles. The zero-order valence-corrected chi connectivity index (χ0v) is 11.6. The Morgan fingerprint density at radius 1 is 1.11 bits per heavy atom. The molecule has 3 nitrogen and oxygen atoms in total. The molecule has 0 spiro atoms. The molecule has 0 aliphatic heterocycles. The van der Waals surface area contributed by atoms with Crippen LogP contribution in [0.25, 0.3) is 0 Å². The van der Waals surface area contributed by atoms with Gasteiger partial charge in [-0.1, -0.05) is 30.3 Å². The third-order valence-electron chi connectivity index (χ3n) is 3.15. The first-order chi connectivity index (χ1) is 9.05. The van der Waals surface area contributed by atoms with Crippen LogP contribution >= 0.6 is 0 Å². The van der Waals surface area contributed by atoms with Crippen LogP contribution in [-0.2, 0) is 6.42 Å². The van der Waals surface area contributed by atoms with Gasteiger partial charge in [-0.3, -0.25) is 0 Å². The van der Waals surface area contributed by atoms with E-state index in [1.54, 1.807) is 6.20 Å². The Morgan fingerprint density at radius 3 is 2.47 bits per heavy atom. The number of nitrogens with zero attached hydrogens (tertiary/aromatic N) is 1. The number of nitrogens with two attached hydrogens (primary N) is 1. The van der Waals surface area contributed by atoms with Gasteiger partial charge in [0.1, 0.15) is 5.82 Å². The van der Waals surface area contributed by atoms with Crippen LogP contribution in [-0.4, -0.2) is 10.5 Å². The highest BCUT2D eigenvalue weighted by molar-refractivity contribution is 5.47. The van der Waals surface area contributed by atoms with Crippen LogP contribution in [0.1, 0.15) is 25.8 Å². The Morgan fingerprint density at radius 2 is 1.84 bits per heavy atom. The summed E-state index contributed by atoms with van der Waals surface area (Å²) < 4.78 is 0. The van der Waals surface area contributed by atoms with Crippen molar-refractivity contribution >= 4 is 11.5 Å². The summed E-state index contributed by atoms with van der Waals surface area (Å²) in [5.74, 6) is 0.549. The van der Waals surface area contributed by atoms with Crippen LogP contribution in [0.4, 0.5) is 11.5 Å². The van der Waals surface area contributed by atoms with Crippen molar-refractivity contribution in [2.45, 2.75) is 32.2 Å². The Balaban J connectivity index is 1.93. The number of rotatable bonds is 5. The molecule has 1 aromatic heterocycles. The van der Waals surface area contributed by atoms with E-state index in [1.165, 1.54) is 5.56 Å². The van der Waals surface area contributed by atoms with Crippen molar-refractivity contribution in [3.8, 4) is 0 Å². The maximum absolute atomic E-state index is 5.59. The van der Waals surface area contributed by atoms with E-state index >= 15 is 0 Å². The minimum Gasteiger partial charge on any atom is -0.384 e. The molecular weight excluding hydrogens is 234 g/mol. The van der Waals surface area contributed by atoms with Gasteiger partial charge in [-0.25, -0.2) is 4.98 Å². The van der Waals surface area contributed by atoms with Gasteiger partial charge in [0.2, 0.25) is 0 Å². The molecule has 0 unspecified atom stereocenters. The number of nitrogens with one attached hydrogen (secondary N) is 1. The van der Waals surface area contributed by atoms with E-state index in [4.69, 9.17) is 5.73 Å². The topological polar surface area (TPSA) is 50.9 Å². The lowest BCUT2D eigenvalue weighted by atomic mass is 9.95. The molecule has 2 rings (SSSR count). The van der Waals surface area contributed by atoms with E-state index in [2.05, 4.69) is 48.4 Å². The van der Waals surface area contributed by atoms with E-state index < -0.39 is 0 Å². The summed E-state index contributed by atoms with van der Waals surface area (Å²) in [5.41, 5.74) is 7.98. The Bertz CT molecular complexity index is 503. The number of anilines is 2. The molecule has 3 N–H and O–H groups in total.